The molecule has 0 aliphatic rings. The van der Waals surface area contributed by atoms with Crippen molar-refractivity contribution in [3.05, 3.63) is 490 Å². The first-order valence-electron chi connectivity index (χ1n) is 38.9. The summed E-state index contributed by atoms with van der Waals surface area (Å²) >= 11 is 0. The number of rotatable bonds is 18. The molecule has 3 heterocycles. The van der Waals surface area contributed by atoms with E-state index in [4.69, 9.17) is 15.1 Å². The number of nitrogens with zero attached hydrogens (tertiary/aromatic N) is 3. The predicted octanol–water partition coefficient (Wildman–Crippen LogP) is 22.1. The molecule has 0 bridgehead atoms. The van der Waals surface area contributed by atoms with E-state index in [0.717, 1.165) is 19.6 Å². The fourth-order valence-corrected chi connectivity index (χ4v) is 15.4. The molecule has 0 saturated heterocycles. The van der Waals surface area contributed by atoms with Crippen LogP contribution in [0.2, 0.25) is 0 Å². The van der Waals surface area contributed by atoms with Crippen LogP contribution >= 0.6 is 0 Å². The highest BCUT2D eigenvalue weighted by molar-refractivity contribution is 6.24. The third kappa shape index (κ3) is 18.7. The Morgan fingerprint density at radius 3 is 0.452 bits per heavy atom. The minimum Gasteiger partial charge on any atom is -0.907 e. The van der Waals surface area contributed by atoms with E-state index in [1.807, 2.05) is 0 Å². The van der Waals surface area contributed by atoms with Gasteiger partial charge in [-0.2, -0.15) is 13.7 Å². The molecule has 0 N–H and O–H groups in total. The fraction of sp³-hybridized carbons (Fsp3) is 0.0278. The Balaban J connectivity index is 0.000000132. The van der Waals surface area contributed by atoms with Crippen LogP contribution in [0.3, 0.4) is 0 Å². The summed E-state index contributed by atoms with van der Waals surface area (Å²) in [5, 5.41) is 25.2. The van der Waals surface area contributed by atoms with E-state index < -0.39 is 7.32 Å². The molecule has 0 amide bonds. The highest BCUT2D eigenvalue weighted by Crippen LogP contribution is 2.48. The summed E-state index contributed by atoms with van der Waals surface area (Å²) in [6, 6.07) is 162. The van der Waals surface area contributed by atoms with Gasteiger partial charge in [0.25, 0.3) is 0 Å². The quantitative estimate of drug-likeness (QED) is 0.0634. The van der Waals surface area contributed by atoms with E-state index in [9.17, 15) is 0 Å². The second-order valence-electron chi connectivity index (χ2n) is 27.9. The number of aromatic nitrogens is 3. The molecule has 0 saturated carbocycles. The van der Waals surface area contributed by atoms with Gasteiger partial charge in [-0.25, -0.2) is 0 Å². The third-order valence-electron chi connectivity index (χ3n) is 20.3. The average Bonchev–Trinajstić information content (AvgIpc) is 0.755. The molecule has 115 heavy (non-hydrogen) atoms. The maximum Gasteiger partial charge on any atom is 0.221 e. The van der Waals surface area contributed by atoms with Crippen molar-refractivity contribution >= 4 is 7.32 Å². The van der Waals surface area contributed by atoms with Crippen molar-refractivity contribution in [2.45, 2.75) is 19.6 Å². The molecule has 18 rings (SSSR count). The lowest BCUT2D eigenvalue weighted by atomic mass is 9.85. The van der Waals surface area contributed by atoms with Crippen LogP contribution in [0, 0.1) is 0 Å². The first kappa shape index (κ1) is 76.1. The molecule has 15 aromatic carbocycles. The Hall–Kier alpha value is -14.3. The first-order valence-corrected chi connectivity index (χ1v) is 38.9. The predicted molar refractivity (Wildman–Crippen MR) is 468 cm³/mol. The molecular weight excluding hydrogens is 1400 g/mol. The molecule has 552 valence electrons. The van der Waals surface area contributed by atoms with Gasteiger partial charge >= 0.3 is 0 Å². The number of pyridine rings is 3. The molecular formula is C108H84BN3O3. The van der Waals surface area contributed by atoms with E-state index in [1.54, 1.807) is 0 Å². The van der Waals surface area contributed by atoms with E-state index >= 15 is 0 Å². The topological polar surface area (TPSA) is 80.8 Å². The van der Waals surface area contributed by atoms with Gasteiger partial charge in [0.05, 0.1) is 33.4 Å². The normalized spacial score (nSPS) is 10.7. The third-order valence-corrected chi connectivity index (χ3v) is 20.3. The lowest BCUT2D eigenvalue weighted by molar-refractivity contribution is -0.676. The van der Waals surface area contributed by atoms with E-state index in [1.165, 1.54) is 151 Å². The lowest BCUT2D eigenvalue weighted by Gasteiger charge is -2.35. The summed E-state index contributed by atoms with van der Waals surface area (Å²) in [5.74, 6) is 0. The van der Waals surface area contributed by atoms with Crippen LogP contribution in [0.25, 0.3) is 134 Å². The minimum absolute atomic E-state index is 0.778. The molecule has 0 aliphatic carbocycles. The number of benzene rings is 15. The summed E-state index contributed by atoms with van der Waals surface area (Å²) in [4.78, 5) is 0. The van der Waals surface area contributed by atoms with Gasteiger partial charge in [0.15, 0.2) is 38.2 Å². The summed E-state index contributed by atoms with van der Waals surface area (Å²) in [7, 11) is -2.92. The smallest absolute Gasteiger partial charge is 0.221 e. The van der Waals surface area contributed by atoms with Gasteiger partial charge in [0, 0.05) is 50.1 Å². The van der Waals surface area contributed by atoms with Gasteiger partial charge in [-0.1, -0.05) is 419 Å². The van der Waals surface area contributed by atoms with Crippen LogP contribution in [-0.4, -0.2) is 7.32 Å². The van der Waals surface area contributed by atoms with Gasteiger partial charge in [0.1, 0.15) is 0 Å². The Kier molecular flexibility index (Phi) is 25.2. The average molecular weight is 1480 g/mol. The molecule has 3 aromatic heterocycles. The van der Waals surface area contributed by atoms with E-state index in [0.29, 0.717) is 0 Å². The van der Waals surface area contributed by atoms with E-state index in [2.05, 4.69) is 487 Å². The van der Waals surface area contributed by atoms with Crippen LogP contribution < -0.4 is 28.8 Å². The van der Waals surface area contributed by atoms with Crippen LogP contribution in [0.15, 0.2) is 474 Å². The summed E-state index contributed by atoms with van der Waals surface area (Å²) in [6.45, 7) is 2.33. The summed E-state index contributed by atoms with van der Waals surface area (Å²) in [6.07, 6.45) is 7.04. The zero-order chi connectivity index (χ0) is 78.2. The Labute approximate surface area is 675 Å². The summed E-state index contributed by atoms with van der Waals surface area (Å²) in [5.41, 5.74) is 33.1. The van der Waals surface area contributed by atoms with Crippen molar-refractivity contribution in [2.75, 3.05) is 0 Å². The van der Waals surface area contributed by atoms with Gasteiger partial charge in [-0.15, -0.1) is 0 Å². The molecule has 0 fully saturated rings. The molecule has 0 spiro atoms. The van der Waals surface area contributed by atoms with Crippen LogP contribution in [0.1, 0.15) is 16.7 Å². The molecule has 0 radical (unpaired) electrons. The van der Waals surface area contributed by atoms with Crippen molar-refractivity contribution in [3.8, 4) is 134 Å². The Morgan fingerprint density at radius 2 is 0.287 bits per heavy atom. The van der Waals surface area contributed by atoms with Crippen LogP contribution in [0.5, 0.6) is 0 Å². The molecule has 6 nitrogen and oxygen atoms in total. The van der Waals surface area contributed by atoms with Gasteiger partial charge in [-0.05, 0) is 86.5 Å². The molecule has 0 unspecified atom stereocenters. The zero-order valence-electron chi connectivity index (χ0n) is 63.8. The Morgan fingerprint density at radius 1 is 0.157 bits per heavy atom. The monoisotopic (exact) mass is 1480 g/mol. The van der Waals surface area contributed by atoms with Crippen LogP contribution in [0.4, 0.5) is 0 Å². The molecule has 0 atom stereocenters. The SMILES string of the molecule is [O-]B([O-])[O-].c1ccc(C[n+]2cc(-c3ccccc3)c(-c3ccccc3)c(-c3ccccc3)c2-c2ccccc2)cc1.c1ccc(C[n+]2cc(-c3ccccc3)c(-c3ccccc3)c(-c3ccccc3)c2-c2ccccc2)cc1.c1ccc(C[n+]2cc(-c3ccccc3)c(-c3ccccc3)c(-c3ccccc3)c2-c2ccccc2)cc1. The van der Waals surface area contributed by atoms with Crippen molar-refractivity contribution in [3.63, 3.8) is 0 Å². The van der Waals surface area contributed by atoms with Crippen LogP contribution in [-0.2, 0) is 19.6 Å². The van der Waals surface area contributed by atoms with Crippen molar-refractivity contribution < 1.29 is 28.8 Å². The minimum atomic E-state index is -2.92. The second-order valence-corrected chi connectivity index (χ2v) is 27.9. The lowest BCUT2D eigenvalue weighted by Crippen LogP contribution is -2.56. The Bertz CT molecular complexity index is 5460. The van der Waals surface area contributed by atoms with Gasteiger partial charge in [0.2, 0.25) is 17.1 Å². The fourth-order valence-electron chi connectivity index (χ4n) is 15.4. The van der Waals surface area contributed by atoms with Crippen molar-refractivity contribution in [1.29, 1.82) is 0 Å². The molecule has 18 aromatic rings. The molecule has 0 aliphatic heterocycles. The number of hydrogen-bond acceptors (Lipinski definition) is 3. The maximum absolute atomic E-state index is 8.42. The van der Waals surface area contributed by atoms with Gasteiger partial charge < -0.3 is 15.1 Å². The number of hydrogen-bond donors (Lipinski definition) is 0. The zero-order valence-corrected chi connectivity index (χ0v) is 63.8. The maximum atomic E-state index is 8.42. The molecule has 7 heteroatoms. The highest BCUT2D eigenvalue weighted by Gasteiger charge is 2.33. The van der Waals surface area contributed by atoms with Crippen molar-refractivity contribution in [1.82, 2.24) is 0 Å². The van der Waals surface area contributed by atoms with E-state index in [-0.39, 0.29) is 0 Å². The van der Waals surface area contributed by atoms with Crippen molar-refractivity contribution in [2.24, 2.45) is 0 Å². The summed E-state index contributed by atoms with van der Waals surface area (Å²) < 4.78 is 7.30. The second kappa shape index (κ2) is 38.1. The largest absolute Gasteiger partial charge is 0.907 e. The van der Waals surface area contributed by atoms with Gasteiger partial charge in [-0.3, -0.25) is 7.32 Å². The first-order chi connectivity index (χ1) is 56.9. The standard InChI is InChI=1S/3C36H28N.BO3/c3*1-6-16-28(17-7-1)26-37-27-33(29-18-8-2-9-19-29)34(30-20-10-3-11-21-30)35(31-22-12-4-13-23-31)36(37)32-24-14-5-15-25-32;2-1(3)4/h3*1-25,27H,26H2;/q3*+1;-3. The highest BCUT2D eigenvalue weighted by atomic mass is 16.5.